The van der Waals surface area contributed by atoms with Gasteiger partial charge in [0.05, 0.1) is 0 Å². The van der Waals surface area contributed by atoms with Crippen molar-refractivity contribution in [3.05, 3.63) is 0 Å². The summed E-state index contributed by atoms with van der Waals surface area (Å²) in [6.07, 6.45) is 5.00. The number of hydrogen-bond donors (Lipinski definition) is 1. The number of piperazine rings is 1. The van der Waals surface area contributed by atoms with Gasteiger partial charge in [0.2, 0.25) is 0 Å². The van der Waals surface area contributed by atoms with E-state index >= 15 is 0 Å². The molecule has 0 radical (unpaired) electrons. The van der Waals surface area contributed by atoms with Gasteiger partial charge in [-0.3, -0.25) is 4.90 Å². The van der Waals surface area contributed by atoms with Gasteiger partial charge in [-0.2, -0.15) is 0 Å². The Kier molecular flexibility index (Phi) is 5.03. The van der Waals surface area contributed by atoms with Gasteiger partial charge in [-0.05, 0) is 39.5 Å². The third-order valence-electron chi connectivity index (χ3n) is 4.88. The molecule has 1 saturated heterocycles. The third kappa shape index (κ3) is 3.03. The Labute approximate surface area is 108 Å². The molecule has 0 aliphatic carbocycles. The van der Waals surface area contributed by atoms with Crippen molar-refractivity contribution in [3.63, 3.8) is 0 Å². The maximum absolute atomic E-state index is 3.81. The van der Waals surface area contributed by atoms with Crippen LogP contribution in [0.3, 0.4) is 0 Å². The maximum atomic E-state index is 3.81. The van der Waals surface area contributed by atoms with Gasteiger partial charge in [-0.1, -0.05) is 27.7 Å². The Hall–Kier alpha value is -0.0800. The SMILES string of the molecule is CCC(CC)N1CC(CC)(CC)NCC1(C)C. The highest BCUT2D eigenvalue weighted by Crippen LogP contribution is 2.31. The van der Waals surface area contributed by atoms with E-state index < -0.39 is 0 Å². The predicted octanol–water partition coefficient (Wildman–Crippen LogP) is 3.42. The van der Waals surface area contributed by atoms with Gasteiger partial charge < -0.3 is 5.32 Å². The van der Waals surface area contributed by atoms with Gasteiger partial charge in [0.1, 0.15) is 0 Å². The van der Waals surface area contributed by atoms with Crippen LogP contribution in [0.25, 0.3) is 0 Å². The van der Waals surface area contributed by atoms with Crippen LogP contribution in [0.15, 0.2) is 0 Å². The van der Waals surface area contributed by atoms with E-state index in [1.165, 1.54) is 32.2 Å². The van der Waals surface area contributed by atoms with Crippen LogP contribution in [-0.4, -0.2) is 35.1 Å². The van der Waals surface area contributed by atoms with Gasteiger partial charge >= 0.3 is 0 Å². The topological polar surface area (TPSA) is 15.3 Å². The lowest BCUT2D eigenvalue weighted by molar-refractivity contribution is -0.0131. The van der Waals surface area contributed by atoms with E-state index in [0.29, 0.717) is 11.1 Å². The Morgan fingerprint density at radius 1 is 1.06 bits per heavy atom. The maximum Gasteiger partial charge on any atom is 0.0304 e. The van der Waals surface area contributed by atoms with Gasteiger partial charge in [0, 0.05) is 30.2 Å². The fourth-order valence-electron chi connectivity index (χ4n) is 3.18. The van der Waals surface area contributed by atoms with Crippen molar-refractivity contribution >= 4 is 0 Å². The molecule has 2 nitrogen and oxygen atoms in total. The average molecular weight is 240 g/mol. The highest BCUT2D eigenvalue weighted by atomic mass is 15.3. The Balaban J connectivity index is 2.89. The van der Waals surface area contributed by atoms with Crippen LogP contribution in [0.1, 0.15) is 67.2 Å². The molecule has 0 amide bonds. The molecule has 0 saturated carbocycles. The molecule has 1 N–H and O–H groups in total. The van der Waals surface area contributed by atoms with Crippen LogP contribution in [0.5, 0.6) is 0 Å². The first-order valence-electron chi connectivity index (χ1n) is 7.46. The molecular weight excluding hydrogens is 208 g/mol. The summed E-state index contributed by atoms with van der Waals surface area (Å²) in [5.41, 5.74) is 0.642. The van der Waals surface area contributed by atoms with Gasteiger partial charge in [0.15, 0.2) is 0 Å². The molecule has 0 atom stereocenters. The largest absolute Gasteiger partial charge is 0.308 e. The molecule has 0 aromatic carbocycles. The van der Waals surface area contributed by atoms with Crippen LogP contribution in [-0.2, 0) is 0 Å². The lowest BCUT2D eigenvalue weighted by atomic mass is 9.83. The van der Waals surface area contributed by atoms with Crippen LogP contribution >= 0.6 is 0 Å². The molecule has 2 heteroatoms. The summed E-state index contributed by atoms with van der Waals surface area (Å²) in [6, 6.07) is 0.740. The van der Waals surface area contributed by atoms with Crippen molar-refractivity contribution in [1.82, 2.24) is 10.2 Å². The first-order chi connectivity index (χ1) is 7.94. The van der Waals surface area contributed by atoms with Crippen molar-refractivity contribution in [2.45, 2.75) is 84.3 Å². The fraction of sp³-hybridized carbons (Fsp3) is 1.00. The molecular formula is C15H32N2. The summed E-state index contributed by atoms with van der Waals surface area (Å²) in [5, 5.41) is 3.81. The fourth-order valence-corrected chi connectivity index (χ4v) is 3.18. The number of nitrogens with zero attached hydrogens (tertiary/aromatic N) is 1. The minimum atomic E-state index is 0.296. The lowest BCUT2D eigenvalue weighted by Gasteiger charge is -2.54. The van der Waals surface area contributed by atoms with Gasteiger partial charge in [-0.15, -0.1) is 0 Å². The second kappa shape index (κ2) is 5.71. The van der Waals surface area contributed by atoms with E-state index in [9.17, 15) is 0 Å². The molecule has 1 rings (SSSR count). The third-order valence-corrected chi connectivity index (χ3v) is 4.88. The summed E-state index contributed by atoms with van der Waals surface area (Å²) >= 11 is 0. The average Bonchev–Trinajstić information content (AvgIpc) is 2.33. The van der Waals surface area contributed by atoms with Crippen molar-refractivity contribution < 1.29 is 0 Å². The van der Waals surface area contributed by atoms with Crippen LogP contribution in [0.2, 0.25) is 0 Å². The first kappa shape index (κ1) is 15.0. The van der Waals surface area contributed by atoms with E-state index in [2.05, 4.69) is 51.8 Å². The second-order valence-electron chi connectivity index (χ2n) is 6.25. The quantitative estimate of drug-likeness (QED) is 0.792. The summed E-state index contributed by atoms with van der Waals surface area (Å²) < 4.78 is 0. The number of nitrogens with one attached hydrogen (secondary N) is 1. The van der Waals surface area contributed by atoms with E-state index in [1.807, 2.05) is 0 Å². The Bertz CT molecular complexity index is 227. The Morgan fingerprint density at radius 2 is 1.59 bits per heavy atom. The molecule has 0 aromatic rings. The van der Waals surface area contributed by atoms with Crippen LogP contribution < -0.4 is 5.32 Å². The van der Waals surface area contributed by atoms with E-state index in [-0.39, 0.29) is 0 Å². The summed E-state index contributed by atoms with van der Waals surface area (Å²) in [6.45, 7) is 16.4. The van der Waals surface area contributed by atoms with Crippen molar-refractivity contribution in [2.24, 2.45) is 0 Å². The standard InChI is InChI=1S/C15H32N2/c1-7-13(8-2)17-12-15(9-3,10-4)16-11-14(17,5)6/h13,16H,7-12H2,1-6H3. The zero-order chi connectivity index (χ0) is 13.1. The summed E-state index contributed by atoms with van der Waals surface area (Å²) in [5.74, 6) is 0. The van der Waals surface area contributed by atoms with E-state index in [1.54, 1.807) is 0 Å². The zero-order valence-corrected chi connectivity index (χ0v) is 12.8. The van der Waals surface area contributed by atoms with Crippen LogP contribution in [0.4, 0.5) is 0 Å². The second-order valence-corrected chi connectivity index (χ2v) is 6.25. The molecule has 0 spiro atoms. The molecule has 17 heavy (non-hydrogen) atoms. The highest BCUT2D eigenvalue weighted by Gasteiger charge is 2.42. The zero-order valence-electron chi connectivity index (χ0n) is 12.8. The Morgan fingerprint density at radius 3 is 2.00 bits per heavy atom. The molecule has 1 aliphatic heterocycles. The predicted molar refractivity (Wildman–Crippen MR) is 76.5 cm³/mol. The molecule has 1 aliphatic rings. The van der Waals surface area contributed by atoms with Crippen molar-refractivity contribution in [3.8, 4) is 0 Å². The molecule has 0 bridgehead atoms. The first-order valence-corrected chi connectivity index (χ1v) is 7.46. The molecule has 0 aromatic heterocycles. The van der Waals surface area contributed by atoms with E-state index in [0.717, 1.165) is 12.6 Å². The normalized spacial score (nSPS) is 24.2. The molecule has 102 valence electrons. The smallest absolute Gasteiger partial charge is 0.0304 e. The number of hydrogen-bond acceptors (Lipinski definition) is 2. The van der Waals surface area contributed by atoms with Gasteiger partial charge in [-0.25, -0.2) is 0 Å². The minimum absolute atomic E-state index is 0.296. The highest BCUT2D eigenvalue weighted by molar-refractivity contribution is 5.02. The molecule has 1 heterocycles. The van der Waals surface area contributed by atoms with Gasteiger partial charge in [0.25, 0.3) is 0 Å². The summed E-state index contributed by atoms with van der Waals surface area (Å²) in [4.78, 5) is 2.76. The molecule has 1 fully saturated rings. The van der Waals surface area contributed by atoms with Crippen LogP contribution in [0, 0.1) is 0 Å². The van der Waals surface area contributed by atoms with Crippen molar-refractivity contribution in [2.75, 3.05) is 13.1 Å². The van der Waals surface area contributed by atoms with Crippen molar-refractivity contribution in [1.29, 1.82) is 0 Å². The van der Waals surface area contributed by atoms with E-state index in [4.69, 9.17) is 0 Å². The summed E-state index contributed by atoms with van der Waals surface area (Å²) in [7, 11) is 0. The number of rotatable bonds is 5. The lowest BCUT2D eigenvalue weighted by Crippen LogP contribution is -2.69. The monoisotopic (exact) mass is 240 g/mol. The minimum Gasteiger partial charge on any atom is -0.308 e. The molecule has 0 unspecified atom stereocenters.